The zero-order chi connectivity index (χ0) is 34.5. The maximum atomic E-state index is 17.1. The molecule has 2 aromatic heterocycles. The fourth-order valence-electron chi connectivity index (χ4n) is 6.07. The molecule has 48 heavy (non-hydrogen) atoms. The van der Waals surface area contributed by atoms with Crippen molar-refractivity contribution in [3.8, 4) is 11.3 Å². The summed E-state index contributed by atoms with van der Waals surface area (Å²) in [6.07, 6.45) is 22.0. The molecule has 1 atom stereocenters. The third-order valence-corrected chi connectivity index (χ3v) is 9.06. The van der Waals surface area contributed by atoms with Crippen LogP contribution in [0.15, 0.2) is 48.4 Å². The number of aromatic nitrogens is 3. The lowest BCUT2D eigenvalue weighted by Gasteiger charge is -2.33. The average molecular weight is 677 g/mol. The van der Waals surface area contributed by atoms with Crippen molar-refractivity contribution in [2.45, 2.75) is 111 Å². The van der Waals surface area contributed by atoms with Crippen molar-refractivity contribution in [2.75, 3.05) is 18.1 Å². The van der Waals surface area contributed by atoms with Crippen molar-refractivity contribution in [2.24, 2.45) is 4.99 Å². The van der Waals surface area contributed by atoms with E-state index in [1.54, 1.807) is 30.8 Å². The van der Waals surface area contributed by atoms with Gasteiger partial charge in [-0.15, -0.1) is 0 Å². The number of anilines is 1. The molecular formula is C39H51ClF2N6. The topological polar surface area (TPSA) is 57.5 Å². The van der Waals surface area contributed by atoms with Crippen LogP contribution in [-0.2, 0) is 6.42 Å². The van der Waals surface area contributed by atoms with E-state index >= 15 is 4.39 Å². The lowest BCUT2D eigenvalue weighted by atomic mass is 9.91. The van der Waals surface area contributed by atoms with Crippen LogP contribution in [0.4, 0.5) is 14.6 Å². The molecule has 1 unspecified atom stereocenters. The number of halogens is 3. The molecule has 9 heteroatoms. The van der Waals surface area contributed by atoms with E-state index in [1.165, 1.54) is 12.8 Å². The number of allylic oxidation sites excluding steroid dienone is 2. The average Bonchev–Trinajstić information content (AvgIpc) is 3.07. The Labute approximate surface area is 290 Å². The van der Waals surface area contributed by atoms with Gasteiger partial charge >= 0.3 is 0 Å². The highest BCUT2D eigenvalue weighted by Crippen LogP contribution is 2.39. The third-order valence-electron chi connectivity index (χ3n) is 8.72. The van der Waals surface area contributed by atoms with Gasteiger partial charge in [0.15, 0.2) is 17.5 Å². The summed E-state index contributed by atoms with van der Waals surface area (Å²) < 4.78 is 31.9. The molecule has 0 aliphatic carbocycles. The number of fused-ring (bicyclic) bond motifs is 6. The fraction of sp³-hybridized carbons (Fsp3) is 0.487. The summed E-state index contributed by atoms with van der Waals surface area (Å²) in [5.74, 6) is 0.264. The summed E-state index contributed by atoms with van der Waals surface area (Å²) in [7, 11) is 0. The number of hydrazine groups is 1. The number of aliphatic imine (C=N–C) groups is 1. The van der Waals surface area contributed by atoms with Crippen LogP contribution < -0.4 is 5.01 Å². The molecule has 0 radical (unpaired) electrons. The predicted molar refractivity (Wildman–Crippen MR) is 199 cm³/mol. The lowest BCUT2D eigenvalue weighted by molar-refractivity contribution is 0.307. The van der Waals surface area contributed by atoms with Crippen molar-refractivity contribution in [3.63, 3.8) is 0 Å². The van der Waals surface area contributed by atoms with E-state index in [0.717, 1.165) is 61.6 Å². The molecule has 0 saturated heterocycles. The second kappa shape index (κ2) is 18.8. The quantitative estimate of drug-likeness (QED) is 0.118. The van der Waals surface area contributed by atoms with Gasteiger partial charge in [0.05, 0.1) is 5.39 Å². The van der Waals surface area contributed by atoms with E-state index in [9.17, 15) is 4.39 Å². The molecule has 0 amide bonds. The number of rotatable bonds is 15. The van der Waals surface area contributed by atoms with Crippen LogP contribution in [0.5, 0.6) is 0 Å². The van der Waals surface area contributed by atoms with Crippen molar-refractivity contribution in [1.82, 2.24) is 20.0 Å². The van der Waals surface area contributed by atoms with E-state index in [0.29, 0.717) is 53.5 Å². The van der Waals surface area contributed by atoms with Crippen molar-refractivity contribution >= 4 is 40.6 Å². The number of unbranched alkanes of at least 4 members (excludes halogenated alkanes) is 5. The molecule has 2 aliphatic rings. The Morgan fingerprint density at radius 3 is 2.65 bits per heavy atom. The van der Waals surface area contributed by atoms with Crippen molar-refractivity contribution < 1.29 is 8.78 Å². The molecule has 4 heterocycles. The summed E-state index contributed by atoms with van der Waals surface area (Å²) >= 11 is 6.88. The molecule has 2 aliphatic heterocycles. The van der Waals surface area contributed by atoms with Gasteiger partial charge in [-0.2, -0.15) is 0 Å². The number of hydrogen-bond acceptors (Lipinski definition) is 6. The summed E-state index contributed by atoms with van der Waals surface area (Å²) in [6.45, 7) is 13.5. The van der Waals surface area contributed by atoms with Gasteiger partial charge in [0.1, 0.15) is 17.4 Å². The fourth-order valence-corrected chi connectivity index (χ4v) is 6.42. The second-order valence-electron chi connectivity index (χ2n) is 12.4. The molecule has 0 fully saturated rings. The number of aryl methyl sites for hydroxylation is 1. The largest absolute Gasteiger partial charge is 0.293 e. The van der Waals surface area contributed by atoms with E-state index in [4.69, 9.17) is 26.6 Å². The van der Waals surface area contributed by atoms with E-state index < -0.39 is 12.0 Å². The molecular weight excluding hydrogens is 626 g/mol. The highest BCUT2D eigenvalue weighted by Gasteiger charge is 2.26. The number of pyridine rings is 1. The van der Waals surface area contributed by atoms with Gasteiger partial charge in [-0.1, -0.05) is 82.7 Å². The van der Waals surface area contributed by atoms with Gasteiger partial charge in [-0.05, 0) is 75.6 Å². The molecule has 3 aromatic rings. The Balaban J connectivity index is 1.91. The third kappa shape index (κ3) is 9.28. The van der Waals surface area contributed by atoms with Crippen LogP contribution in [0.25, 0.3) is 28.2 Å². The molecule has 0 N–H and O–H groups in total. The Morgan fingerprint density at radius 2 is 1.90 bits per heavy atom. The minimum absolute atomic E-state index is 0.144. The summed E-state index contributed by atoms with van der Waals surface area (Å²) in [4.78, 5) is 18.9. The first kappa shape index (κ1) is 37.2. The smallest absolute Gasteiger partial charge is 0.175 e. The summed E-state index contributed by atoms with van der Waals surface area (Å²) in [5, 5.41) is 4.93. The lowest BCUT2D eigenvalue weighted by Crippen LogP contribution is -2.37. The predicted octanol–water partition coefficient (Wildman–Crippen LogP) is 11.2. The van der Waals surface area contributed by atoms with E-state index in [1.807, 2.05) is 36.1 Å². The van der Waals surface area contributed by atoms with Crippen LogP contribution in [-0.4, -0.2) is 45.4 Å². The van der Waals surface area contributed by atoms with Crippen molar-refractivity contribution in [3.05, 3.63) is 76.7 Å². The summed E-state index contributed by atoms with van der Waals surface area (Å²) in [6, 6.07) is 1.92. The highest BCUT2D eigenvalue weighted by molar-refractivity contribution is 6.32. The normalized spacial score (nSPS) is 15.1. The minimum atomic E-state index is -0.948. The van der Waals surface area contributed by atoms with Crippen LogP contribution in [0, 0.1) is 12.7 Å². The zero-order valence-electron chi connectivity index (χ0n) is 29.1. The Bertz CT molecular complexity index is 1620. The summed E-state index contributed by atoms with van der Waals surface area (Å²) in [5.41, 5.74) is 3.49. The van der Waals surface area contributed by atoms with Crippen molar-refractivity contribution in [1.29, 1.82) is 0 Å². The SMILES string of the molecule is C=CN1/C=C\CCCc2c(Cl)cc(C)c(/C=N\CC)c2-c2ncc3c(nc(/C=C\CC(F)CCCCCCC)nc3c2F)N1CCCC. The molecule has 4 bridgehead atoms. The Hall–Kier alpha value is -3.65. The molecule has 0 spiro atoms. The number of nitrogens with zero attached hydrogens (tertiary/aromatic N) is 6. The van der Waals surface area contributed by atoms with E-state index in [-0.39, 0.29) is 17.6 Å². The van der Waals surface area contributed by atoms with Gasteiger partial charge in [0, 0.05) is 54.1 Å². The standard InChI is InChI=1S/C39H51ClF2N6/c1-6-10-12-13-15-19-29(41)20-18-22-34-45-37-32-27-44-38(36(37)42)35-30(33(40)25-28(5)31(35)26-43-8-3)21-16-14-17-23-47(9-4)48(24-11-7-2)39(32)46-34/h9,17-18,22-23,25-27,29H,4,6-8,10-16,19-21,24H2,1-3,5H3/b22-18-,23-17-,43-26-. The van der Waals surface area contributed by atoms with Crippen LogP contribution in [0.2, 0.25) is 5.02 Å². The number of benzene rings is 1. The first-order valence-corrected chi connectivity index (χ1v) is 18.1. The Kier molecular flexibility index (Phi) is 14.5. The molecule has 1 aromatic carbocycles. The zero-order valence-corrected chi connectivity index (χ0v) is 29.9. The van der Waals surface area contributed by atoms with Crippen LogP contribution >= 0.6 is 11.6 Å². The van der Waals surface area contributed by atoms with Gasteiger partial charge in [-0.25, -0.2) is 18.7 Å². The van der Waals surface area contributed by atoms with Crippen LogP contribution in [0.3, 0.4) is 0 Å². The molecule has 0 saturated carbocycles. The van der Waals surface area contributed by atoms with Gasteiger partial charge in [0.2, 0.25) is 0 Å². The molecule has 258 valence electrons. The van der Waals surface area contributed by atoms with Gasteiger partial charge < -0.3 is 0 Å². The molecule has 5 rings (SSSR count). The van der Waals surface area contributed by atoms with Crippen LogP contribution in [0.1, 0.15) is 114 Å². The Morgan fingerprint density at radius 1 is 1.10 bits per heavy atom. The maximum Gasteiger partial charge on any atom is 0.175 e. The van der Waals surface area contributed by atoms with Gasteiger partial charge in [0.25, 0.3) is 0 Å². The first-order chi connectivity index (χ1) is 23.3. The molecule has 6 nitrogen and oxygen atoms in total. The highest BCUT2D eigenvalue weighted by atomic mass is 35.5. The second-order valence-corrected chi connectivity index (χ2v) is 12.8. The maximum absolute atomic E-state index is 17.1. The van der Waals surface area contributed by atoms with E-state index in [2.05, 4.69) is 31.5 Å². The van der Waals surface area contributed by atoms with Gasteiger partial charge in [-0.3, -0.25) is 20.0 Å². The minimum Gasteiger partial charge on any atom is -0.293 e. The number of alkyl halides is 1. The monoisotopic (exact) mass is 676 g/mol. The first-order valence-electron chi connectivity index (χ1n) is 17.7. The number of hydrogen-bond donors (Lipinski definition) is 0.